The Labute approximate surface area is 153 Å². The number of nitrogens with one attached hydrogen (secondary N) is 2. The van der Waals surface area contributed by atoms with Gasteiger partial charge in [0.25, 0.3) is 5.91 Å². The number of carbonyl (C=O) groups is 1. The second-order valence-corrected chi connectivity index (χ2v) is 6.08. The molecule has 1 amide bonds. The van der Waals surface area contributed by atoms with Crippen LogP contribution in [0.5, 0.6) is 5.75 Å². The average Bonchev–Trinajstić information content (AvgIpc) is 3.20. The summed E-state index contributed by atoms with van der Waals surface area (Å²) >= 11 is 6.26. The Balaban J connectivity index is 1.68. The van der Waals surface area contributed by atoms with Gasteiger partial charge in [-0.3, -0.25) is 9.89 Å². The third kappa shape index (κ3) is 2.87. The smallest absolute Gasteiger partial charge is 0.259 e. The van der Waals surface area contributed by atoms with Crippen LogP contribution in [0.3, 0.4) is 0 Å². The lowest BCUT2D eigenvalue weighted by molar-refractivity contribution is 0.102. The molecule has 128 valence electrons. The maximum absolute atomic E-state index is 12.7. The van der Waals surface area contributed by atoms with E-state index < -0.39 is 5.91 Å². The number of fused-ring (bicyclic) bond motifs is 1. The van der Waals surface area contributed by atoms with Crippen molar-refractivity contribution < 1.29 is 9.90 Å². The van der Waals surface area contributed by atoms with Gasteiger partial charge in [-0.1, -0.05) is 48.0 Å². The fourth-order valence-electron chi connectivity index (χ4n) is 2.78. The summed E-state index contributed by atoms with van der Waals surface area (Å²) in [6, 6.07) is 15.7. The van der Waals surface area contributed by atoms with Crippen molar-refractivity contribution in [3.63, 3.8) is 0 Å². The molecular weight excluding hydrogens is 352 g/mol. The third-order valence-electron chi connectivity index (χ3n) is 4.02. The highest BCUT2D eigenvalue weighted by Crippen LogP contribution is 2.34. The Kier molecular flexibility index (Phi) is 4.02. The highest BCUT2D eigenvalue weighted by Gasteiger charge is 2.17. The van der Waals surface area contributed by atoms with Crippen LogP contribution in [0.4, 0.5) is 5.69 Å². The van der Waals surface area contributed by atoms with Crippen LogP contribution in [-0.4, -0.2) is 26.2 Å². The van der Waals surface area contributed by atoms with E-state index in [4.69, 9.17) is 11.6 Å². The topological polar surface area (TPSA) is 90.9 Å². The van der Waals surface area contributed by atoms with Crippen LogP contribution < -0.4 is 5.32 Å². The van der Waals surface area contributed by atoms with E-state index in [1.807, 2.05) is 12.1 Å². The van der Waals surface area contributed by atoms with Crippen LogP contribution in [0.1, 0.15) is 10.4 Å². The lowest BCUT2D eigenvalue weighted by Gasteiger charge is -2.11. The molecule has 0 unspecified atom stereocenters. The van der Waals surface area contributed by atoms with Crippen molar-refractivity contribution >= 4 is 34.0 Å². The number of hydrogen-bond donors (Lipinski definition) is 3. The quantitative estimate of drug-likeness (QED) is 0.507. The molecule has 0 aliphatic heterocycles. The number of aromatic nitrogens is 3. The van der Waals surface area contributed by atoms with Gasteiger partial charge in [-0.25, -0.2) is 4.98 Å². The molecule has 0 radical (unpaired) electrons. The Morgan fingerprint density at radius 3 is 2.65 bits per heavy atom. The number of hydrogen-bond acceptors (Lipinski definition) is 4. The standard InChI is InChI=1S/C19H13ClN4O2/c20-16-9-15(17(25)14-7-2-1-6-13(14)16)19(26)23-12-5-3-4-11(8-12)18-21-10-22-24-18/h1-10,25H,(H,23,26)(H,21,22,24). The van der Waals surface area contributed by atoms with Gasteiger partial charge in [0, 0.05) is 27.0 Å². The molecule has 1 aromatic heterocycles. The first kappa shape index (κ1) is 16.1. The number of anilines is 1. The van der Waals surface area contributed by atoms with Gasteiger partial charge >= 0.3 is 0 Å². The summed E-state index contributed by atoms with van der Waals surface area (Å²) in [6.07, 6.45) is 1.41. The van der Waals surface area contributed by atoms with Crippen molar-refractivity contribution in [1.29, 1.82) is 0 Å². The zero-order valence-electron chi connectivity index (χ0n) is 13.4. The number of benzene rings is 3. The monoisotopic (exact) mass is 364 g/mol. The first-order valence-electron chi connectivity index (χ1n) is 7.81. The minimum atomic E-state index is -0.454. The van der Waals surface area contributed by atoms with Crippen LogP contribution in [0.2, 0.25) is 5.02 Å². The summed E-state index contributed by atoms with van der Waals surface area (Å²) in [5.41, 5.74) is 1.45. The molecule has 0 saturated heterocycles. The van der Waals surface area contributed by atoms with Crippen LogP contribution in [0.15, 0.2) is 60.9 Å². The maximum atomic E-state index is 12.7. The van der Waals surface area contributed by atoms with Gasteiger partial charge in [-0.15, -0.1) is 0 Å². The summed E-state index contributed by atoms with van der Waals surface area (Å²) in [5, 5.41) is 21.5. The molecule has 0 saturated carbocycles. The number of phenolic OH excluding ortho intramolecular Hbond substituents is 1. The second-order valence-electron chi connectivity index (χ2n) is 5.67. The number of H-pyrrole nitrogens is 1. The molecule has 0 spiro atoms. The molecule has 0 aliphatic carbocycles. The largest absolute Gasteiger partial charge is 0.506 e. The number of amides is 1. The SMILES string of the molecule is O=C(Nc1cccc(-c2ncn[nH]2)c1)c1cc(Cl)c2ccccc2c1O. The van der Waals surface area contributed by atoms with E-state index in [1.165, 1.54) is 12.4 Å². The highest BCUT2D eigenvalue weighted by molar-refractivity contribution is 6.36. The highest BCUT2D eigenvalue weighted by atomic mass is 35.5. The first-order chi connectivity index (χ1) is 12.6. The molecule has 0 fully saturated rings. The Bertz CT molecular complexity index is 1110. The van der Waals surface area contributed by atoms with Crippen molar-refractivity contribution in [2.24, 2.45) is 0 Å². The van der Waals surface area contributed by atoms with Gasteiger partial charge in [0.2, 0.25) is 0 Å². The van der Waals surface area contributed by atoms with E-state index in [9.17, 15) is 9.90 Å². The Morgan fingerprint density at radius 1 is 1.08 bits per heavy atom. The molecule has 0 bridgehead atoms. The van der Waals surface area contributed by atoms with Gasteiger partial charge in [-0.05, 0) is 18.2 Å². The Morgan fingerprint density at radius 2 is 1.88 bits per heavy atom. The lowest BCUT2D eigenvalue weighted by atomic mass is 10.0. The van der Waals surface area contributed by atoms with Crippen LogP contribution in [-0.2, 0) is 0 Å². The molecular formula is C19H13ClN4O2. The summed E-state index contributed by atoms with van der Waals surface area (Å²) < 4.78 is 0. The second kappa shape index (κ2) is 6.50. The summed E-state index contributed by atoms with van der Waals surface area (Å²) in [4.78, 5) is 16.8. The zero-order valence-corrected chi connectivity index (χ0v) is 14.2. The minimum absolute atomic E-state index is 0.103. The minimum Gasteiger partial charge on any atom is -0.506 e. The van der Waals surface area contributed by atoms with Gasteiger partial charge in [0.15, 0.2) is 5.82 Å². The zero-order chi connectivity index (χ0) is 18.1. The average molecular weight is 365 g/mol. The molecule has 4 rings (SSSR count). The molecule has 3 aromatic carbocycles. The molecule has 0 atom stereocenters. The van der Waals surface area contributed by atoms with Crippen molar-refractivity contribution in [2.75, 3.05) is 5.32 Å². The number of phenols is 1. The predicted molar refractivity (Wildman–Crippen MR) is 100 cm³/mol. The fourth-order valence-corrected chi connectivity index (χ4v) is 3.05. The van der Waals surface area contributed by atoms with Crippen LogP contribution in [0.25, 0.3) is 22.2 Å². The molecule has 7 heteroatoms. The fraction of sp³-hybridized carbons (Fsp3) is 0. The van der Waals surface area contributed by atoms with Gasteiger partial charge in [0.05, 0.1) is 5.56 Å². The summed E-state index contributed by atoms with van der Waals surface area (Å²) in [7, 11) is 0. The van der Waals surface area contributed by atoms with Crippen LogP contribution in [0, 0.1) is 0 Å². The molecule has 3 N–H and O–H groups in total. The number of rotatable bonds is 3. The number of aromatic hydroxyl groups is 1. The van der Waals surface area contributed by atoms with Crippen LogP contribution >= 0.6 is 11.6 Å². The lowest BCUT2D eigenvalue weighted by Crippen LogP contribution is -2.12. The van der Waals surface area contributed by atoms with E-state index in [2.05, 4.69) is 20.5 Å². The van der Waals surface area contributed by atoms with Crippen molar-refractivity contribution in [3.8, 4) is 17.1 Å². The molecule has 4 aromatic rings. The first-order valence-corrected chi connectivity index (χ1v) is 8.18. The summed E-state index contributed by atoms with van der Waals surface area (Å²) in [6.45, 7) is 0. The van der Waals surface area contributed by atoms with E-state index in [-0.39, 0.29) is 11.3 Å². The predicted octanol–water partition coefficient (Wildman–Crippen LogP) is 4.24. The van der Waals surface area contributed by atoms with Gasteiger partial charge in [0.1, 0.15) is 12.1 Å². The normalized spacial score (nSPS) is 10.8. The van der Waals surface area contributed by atoms with Crippen molar-refractivity contribution in [2.45, 2.75) is 0 Å². The summed E-state index contributed by atoms with van der Waals surface area (Å²) in [5.74, 6) is 0.0384. The number of halogens is 1. The number of carbonyl (C=O) groups excluding carboxylic acids is 1. The van der Waals surface area contributed by atoms with Crippen molar-refractivity contribution in [1.82, 2.24) is 15.2 Å². The third-order valence-corrected chi connectivity index (χ3v) is 4.33. The number of nitrogens with zero attached hydrogens (tertiary/aromatic N) is 2. The van der Waals surface area contributed by atoms with E-state index >= 15 is 0 Å². The van der Waals surface area contributed by atoms with Gasteiger partial charge in [-0.2, -0.15) is 5.10 Å². The van der Waals surface area contributed by atoms with E-state index in [0.29, 0.717) is 27.3 Å². The number of aromatic amines is 1. The molecule has 6 nitrogen and oxygen atoms in total. The molecule has 1 heterocycles. The molecule has 0 aliphatic rings. The Hall–Kier alpha value is -3.38. The van der Waals surface area contributed by atoms with Crippen molar-refractivity contribution in [3.05, 3.63) is 71.5 Å². The van der Waals surface area contributed by atoms with E-state index in [1.54, 1.807) is 36.4 Å². The molecule has 26 heavy (non-hydrogen) atoms. The van der Waals surface area contributed by atoms with Gasteiger partial charge < -0.3 is 10.4 Å². The van der Waals surface area contributed by atoms with E-state index in [0.717, 1.165) is 5.56 Å². The maximum Gasteiger partial charge on any atom is 0.259 e.